The molecule has 0 amide bonds. The number of aliphatic hydroxyl groups is 1. The minimum absolute atomic E-state index is 0.0473. The van der Waals surface area contributed by atoms with Crippen molar-refractivity contribution in [1.29, 1.82) is 0 Å². The first-order chi connectivity index (χ1) is 19.8. The Balaban J connectivity index is 0. The average Bonchev–Trinajstić information content (AvgIpc) is 2.98. The van der Waals surface area contributed by atoms with Crippen molar-refractivity contribution in [2.45, 2.75) is 124 Å². The third kappa shape index (κ3) is 31.7. The van der Waals surface area contributed by atoms with E-state index in [9.17, 15) is 9.59 Å². The molecule has 0 fully saturated rings. The van der Waals surface area contributed by atoms with Gasteiger partial charge < -0.3 is 14.6 Å². The lowest BCUT2D eigenvalue weighted by Gasteiger charge is -2.05. The molecule has 0 spiro atoms. The van der Waals surface area contributed by atoms with Crippen LogP contribution in [-0.4, -0.2) is 36.9 Å². The van der Waals surface area contributed by atoms with Crippen LogP contribution in [-0.2, 0) is 19.1 Å². The average molecular weight is 573 g/mol. The van der Waals surface area contributed by atoms with E-state index in [0.717, 1.165) is 6.42 Å². The van der Waals surface area contributed by atoms with Gasteiger partial charge in [-0.15, -0.1) is 0 Å². The molecule has 0 aromatic heterocycles. The Morgan fingerprint density at radius 2 is 1.02 bits per heavy atom. The van der Waals surface area contributed by atoms with E-state index in [1.165, 1.54) is 102 Å². The fourth-order valence-corrected chi connectivity index (χ4v) is 3.79. The molecule has 1 aromatic carbocycles. The lowest BCUT2D eigenvalue weighted by molar-refractivity contribution is -0.140. The quantitative estimate of drug-likeness (QED) is 0.0850. The molecule has 5 heteroatoms. The van der Waals surface area contributed by atoms with Gasteiger partial charge in [0.05, 0.1) is 13.2 Å². The van der Waals surface area contributed by atoms with Crippen molar-refractivity contribution in [3.63, 3.8) is 0 Å². The summed E-state index contributed by atoms with van der Waals surface area (Å²) in [6, 6.07) is 10.0. The number of ether oxygens (including phenoxy) is 2. The summed E-state index contributed by atoms with van der Waals surface area (Å²) in [6.07, 6.45) is 23.6. The highest BCUT2D eigenvalue weighted by Crippen LogP contribution is 2.13. The zero-order chi connectivity index (χ0) is 31.0. The molecule has 0 saturated carbocycles. The topological polar surface area (TPSA) is 72.8 Å². The van der Waals surface area contributed by atoms with Crippen LogP contribution in [0.2, 0.25) is 0 Å². The first kappa shape index (κ1) is 40.5. The van der Waals surface area contributed by atoms with Gasteiger partial charge >= 0.3 is 11.9 Å². The van der Waals surface area contributed by atoms with Crippen molar-refractivity contribution in [3.05, 3.63) is 66.8 Å². The zero-order valence-corrected chi connectivity index (χ0v) is 26.6. The molecule has 1 N–H and O–H groups in total. The highest BCUT2D eigenvalue weighted by atomic mass is 16.5. The van der Waals surface area contributed by atoms with Gasteiger partial charge in [0.15, 0.2) is 0 Å². The van der Waals surface area contributed by atoms with E-state index >= 15 is 0 Å². The number of benzene rings is 1. The number of aliphatic hydroxyl groups excluding tert-OH is 1. The number of esters is 2. The molecule has 0 bridgehead atoms. The summed E-state index contributed by atoms with van der Waals surface area (Å²) >= 11 is 0. The molecule has 0 radical (unpaired) electrons. The molecule has 234 valence electrons. The summed E-state index contributed by atoms with van der Waals surface area (Å²) in [6.45, 7) is 16.5. The molecule has 1 rings (SSSR count). The second kappa shape index (κ2) is 31.9. The SMILES string of the molecule is C=C(C)C(=O)OCCCCCCCCCCCCCCCCCC.C=C(C)C(=O)OCCO.C=Cc1ccccc1. The van der Waals surface area contributed by atoms with Crippen LogP contribution in [0.25, 0.3) is 6.08 Å². The van der Waals surface area contributed by atoms with Crippen LogP contribution in [0.1, 0.15) is 129 Å². The molecule has 0 aliphatic heterocycles. The molecule has 0 aliphatic rings. The van der Waals surface area contributed by atoms with Gasteiger partial charge in [0.1, 0.15) is 6.61 Å². The van der Waals surface area contributed by atoms with Crippen LogP contribution < -0.4 is 0 Å². The van der Waals surface area contributed by atoms with Crippen LogP contribution in [0.3, 0.4) is 0 Å². The monoisotopic (exact) mass is 572 g/mol. The van der Waals surface area contributed by atoms with Gasteiger partial charge in [0, 0.05) is 11.1 Å². The second-order valence-corrected chi connectivity index (χ2v) is 10.5. The van der Waals surface area contributed by atoms with Crippen molar-refractivity contribution in [3.8, 4) is 0 Å². The number of carbonyl (C=O) groups excluding carboxylic acids is 2. The second-order valence-electron chi connectivity index (χ2n) is 10.5. The Morgan fingerprint density at radius 3 is 1.34 bits per heavy atom. The molecule has 0 saturated heterocycles. The van der Waals surface area contributed by atoms with E-state index in [4.69, 9.17) is 9.84 Å². The largest absolute Gasteiger partial charge is 0.462 e. The van der Waals surface area contributed by atoms with Crippen molar-refractivity contribution in [1.82, 2.24) is 0 Å². The first-order valence-corrected chi connectivity index (χ1v) is 15.7. The minimum Gasteiger partial charge on any atom is -0.462 e. The van der Waals surface area contributed by atoms with E-state index in [-0.39, 0.29) is 19.2 Å². The summed E-state index contributed by atoms with van der Waals surface area (Å²) in [5.41, 5.74) is 2.02. The normalized spacial score (nSPS) is 9.85. The molecule has 5 nitrogen and oxygen atoms in total. The van der Waals surface area contributed by atoms with Gasteiger partial charge in [-0.1, -0.05) is 159 Å². The maximum Gasteiger partial charge on any atom is 0.333 e. The van der Waals surface area contributed by atoms with E-state index in [1.54, 1.807) is 13.8 Å². The van der Waals surface area contributed by atoms with Gasteiger partial charge in [0.2, 0.25) is 0 Å². The summed E-state index contributed by atoms with van der Waals surface area (Å²) in [5.74, 6) is -0.708. The molecule has 41 heavy (non-hydrogen) atoms. The van der Waals surface area contributed by atoms with Crippen LogP contribution >= 0.6 is 0 Å². The number of rotatable bonds is 22. The summed E-state index contributed by atoms with van der Waals surface area (Å²) < 4.78 is 9.55. The van der Waals surface area contributed by atoms with Gasteiger partial charge in [0.25, 0.3) is 0 Å². The van der Waals surface area contributed by atoms with E-state index < -0.39 is 5.97 Å². The van der Waals surface area contributed by atoms with Gasteiger partial charge in [-0.25, -0.2) is 9.59 Å². The maximum absolute atomic E-state index is 11.2. The molecule has 0 heterocycles. The lowest BCUT2D eigenvalue weighted by atomic mass is 10.0. The van der Waals surface area contributed by atoms with Gasteiger partial charge in [-0.3, -0.25) is 0 Å². The third-order valence-electron chi connectivity index (χ3n) is 6.29. The van der Waals surface area contributed by atoms with Crippen molar-refractivity contribution in [2.24, 2.45) is 0 Å². The minimum atomic E-state index is -0.455. The fourth-order valence-electron chi connectivity index (χ4n) is 3.79. The van der Waals surface area contributed by atoms with Crippen LogP contribution in [0.15, 0.2) is 61.2 Å². The van der Waals surface area contributed by atoms with Crippen LogP contribution in [0, 0.1) is 0 Å². The predicted octanol–water partition coefficient (Wildman–Crippen LogP) is 9.79. The summed E-state index contributed by atoms with van der Waals surface area (Å²) in [7, 11) is 0. The molecular formula is C36H60O5. The predicted molar refractivity (Wildman–Crippen MR) is 175 cm³/mol. The highest BCUT2D eigenvalue weighted by Gasteiger charge is 2.02. The number of hydrogen-bond acceptors (Lipinski definition) is 5. The van der Waals surface area contributed by atoms with Crippen molar-refractivity contribution >= 4 is 18.0 Å². The molecule has 0 unspecified atom stereocenters. The van der Waals surface area contributed by atoms with Crippen LogP contribution in [0.4, 0.5) is 0 Å². The van der Waals surface area contributed by atoms with Gasteiger partial charge in [-0.2, -0.15) is 0 Å². The Labute approximate surface area is 252 Å². The Bertz CT molecular complexity index is 784. The van der Waals surface area contributed by atoms with E-state index in [0.29, 0.717) is 17.8 Å². The van der Waals surface area contributed by atoms with Crippen LogP contribution in [0.5, 0.6) is 0 Å². The number of unbranched alkanes of at least 4 members (excludes halogenated alkanes) is 15. The Morgan fingerprint density at radius 1 is 0.659 bits per heavy atom. The first-order valence-electron chi connectivity index (χ1n) is 15.7. The van der Waals surface area contributed by atoms with E-state index in [1.807, 2.05) is 36.4 Å². The number of carbonyl (C=O) groups is 2. The zero-order valence-electron chi connectivity index (χ0n) is 26.6. The molecular weight excluding hydrogens is 512 g/mol. The maximum atomic E-state index is 11.2. The standard InChI is InChI=1S/C22H42O2.C8H8.C6H10O3/c1-4-5-6-7-8-9-10-11-12-13-14-15-16-17-18-19-20-24-22(23)21(2)3;1-2-8-6-4-3-5-7-8;1-5(2)6(8)9-4-3-7/h2,4-20H2,1,3H3;2-7H,1H2;7H,1,3-4H2,2H3. The summed E-state index contributed by atoms with van der Waals surface area (Å²) in [4.78, 5) is 21.7. The van der Waals surface area contributed by atoms with E-state index in [2.05, 4.69) is 31.4 Å². The smallest absolute Gasteiger partial charge is 0.333 e. The highest BCUT2D eigenvalue weighted by molar-refractivity contribution is 5.87. The van der Waals surface area contributed by atoms with Crippen molar-refractivity contribution in [2.75, 3.05) is 19.8 Å². The number of hydrogen-bond donors (Lipinski definition) is 1. The Kier molecular flexibility index (Phi) is 31.5. The summed E-state index contributed by atoms with van der Waals surface area (Å²) in [5, 5.41) is 8.19. The fraction of sp³-hybridized carbons (Fsp3) is 0.611. The molecule has 1 aromatic rings. The lowest BCUT2D eigenvalue weighted by Crippen LogP contribution is -2.08. The third-order valence-corrected chi connectivity index (χ3v) is 6.29. The van der Waals surface area contributed by atoms with Gasteiger partial charge in [-0.05, 0) is 25.8 Å². The van der Waals surface area contributed by atoms with Crippen molar-refractivity contribution < 1.29 is 24.2 Å². The molecule has 0 aliphatic carbocycles. The Hall–Kier alpha value is -2.66. The molecule has 0 atom stereocenters.